The lowest BCUT2D eigenvalue weighted by Gasteiger charge is -2.21. The monoisotopic (exact) mass is 316 g/mol. The van der Waals surface area contributed by atoms with E-state index in [2.05, 4.69) is 10.6 Å². The molecule has 6 heteroatoms. The quantitative estimate of drug-likeness (QED) is 0.729. The number of hydrogen-bond donors (Lipinski definition) is 3. The minimum Gasteiger partial charge on any atom is -0.466 e. The van der Waals surface area contributed by atoms with Gasteiger partial charge in [0.1, 0.15) is 11.4 Å². The summed E-state index contributed by atoms with van der Waals surface area (Å²) in [7, 11) is 0. The van der Waals surface area contributed by atoms with Gasteiger partial charge in [0.2, 0.25) is 0 Å². The van der Waals surface area contributed by atoms with Gasteiger partial charge in [-0.1, -0.05) is 30.3 Å². The molecule has 2 aromatic rings. The Balaban J connectivity index is 1.87. The third-order valence-corrected chi connectivity index (χ3v) is 3.50. The number of furan rings is 1. The summed E-state index contributed by atoms with van der Waals surface area (Å²) in [6.07, 6.45) is 1.43. The Morgan fingerprint density at radius 1 is 1.17 bits per heavy atom. The van der Waals surface area contributed by atoms with E-state index < -0.39 is 17.4 Å². The van der Waals surface area contributed by atoms with E-state index >= 15 is 0 Å². The second kappa shape index (κ2) is 7.11. The van der Waals surface area contributed by atoms with Crippen LogP contribution >= 0.6 is 0 Å². The molecule has 2 rings (SSSR count). The first-order chi connectivity index (χ1) is 10.9. The van der Waals surface area contributed by atoms with Gasteiger partial charge in [0.05, 0.1) is 18.8 Å². The van der Waals surface area contributed by atoms with Gasteiger partial charge in [-0.05, 0) is 31.5 Å². The zero-order valence-corrected chi connectivity index (χ0v) is 13.1. The molecule has 0 aliphatic carbocycles. The lowest BCUT2D eigenvalue weighted by Crippen LogP contribution is -2.45. The molecule has 1 aromatic carbocycles. The molecule has 0 saturated heterocycles. The molecule has 0 fully saturated rings. The van der Waals surface area contributed by atoms with Crippen LogP contribution in [0.1, 0.15) is 31.2 Å². The van der Waals surface area contributed by atoms with Gasteiger partial charge in [-0.25, -0.2) is 0 Å². The van der Waals surface area contributed by atoms with Crippen LogP contribution in [-0.2, 0) is 15.2 Å². The highest BCUT2D eigenvalue weighted by atomic mass is 16.4. The molecule has 0 aliphatic heterocycles. The zero-order valence-electron chi connectivity index (χ0n) is 13.1. The van der Waals surface area contributed by atoms with E-state index in [0.29, 0.717) is 5.76 Å². The van der Waals surface area contributed by atoms with Crippen LogP contribution in [0.4, 0.5) is 0 Å². The van der Waals surface area contributed by atoms with Crippen molar-refractivity contribution in [3.8, 4) is 0 Å². The van der Waals surface area contributed by atoms with E-state index in [9.17, 15) is 14.7 Å². The number of nitrogens with one attached hydrogen (secondary N) is 2. The van der Waals surface area contributed by atoms with Crippen LogP contribution in [0.5, 0.6) is 0 Å². The largest absolute Gasteiger partial charge is 0.466 e. The van der Waals surface area contributed by atoms with Crippen LogP contribution in [-0.4, -0.2) is 23.5 Å². The van der Waals surface area contributed by atoms with E-state index in [1.807, 2.05) is 30.3 Å². The average Bonchev–Trinajstić information content (AvgIpc) is 3.08. The molecular weight excluding hydrogens is 296 g/mol. The highest BCUT2D eigenvalue weighted by Crippen LogP contribution is 2.19. The first-order valence-corrected chi connectivity index (χ1v) is 7.30. The van der Waals surface area contributed by atoms with Gasteiger partial charge in [-0.15, -0.1) is 0 Å². The lowest BCUT2D eigenvalue weighted by atomic mass is 10.0. The van der Waals surface area contributed by atoms with Crippen molar-refractivity contribution in [3.05, 3.63) is 60.1 Å². The van der Waals surface area contributed by atoms with Gasteiger partial charge in [0.15, 0.2) is 0 Å². The van der Waals surface area contributed by atoms with E-state index in [4.69, 9.17) is 4.42 Å². The molecule has 0 aliphatic rings. The molecule has 0 spiro atoms. The van der Waals surface area contributed by atoms with Crippen LogP contribution in [0, 0.1) is 0 Å². The van der Waals surface area contributed by atoms with Gasteiger partial charge >= 0.3 is 11.8 Å². The second-order valence-corrected chi connectivity index (χ2v) is 5.54. The number of carbonyl (C=O) groups is 2. The number of carbonyl (C=O) groups excluding carboxylic acids is 2. The van der Waals surface area contributed by atoms with Crippen molar-refractivity contribution in [1.29, 1.82) is 0 Å². The summed E-state index contributed by atoms with van der Waals surface area (Å²) in [5.74, 6) is -1.24. The predicted octanol–water partition coefficient (Wildman–Crippen LogP) is 1.48. The zero-order chi connectivity index (χ0) is 16.9. The van der Waals surface area contributed by atoms with E-state index in [-0.39, 0.29) is 12.6 Å². The predicted molar refractivity (Wildman–Crippen MR) is 84.3 cm³/mol. The average molecular weight is 316 g/mol. The smallest absolute Gasteiger partial charge is 0.309 e. The van der Waals surface area contributed by atoms with E-state index in [1.54, 1.807) is 19.1 Å². The van der Waals surface area contributed by atoms with Crippen molar-refractivity contribution in [2.45, 2.75) is 25.5 Å². The lowest BCUT2D eigenvalue weighted by molar-refractivity contribution is -0.140. The van der Waals surface area contributed by atoms with Gasteiger partial charge < -0.3 is 20.2 Å². The van der Waals surface area contributed by atoms with Crippen molar-refractivity contribution in [3.63, 3.8) is 0 Å². The number of aliphatic hydroxyl groups is 1. The summed E-state index contributed by atoms with van der Waals surface area (Å²) in [4.78, 5) is 23.8. The van der Waals surface area contributed by atoms with Crippen molar-refractivity contribution in [2.24, 2.45) is 0 Å². The molecule has 0 radical (unpaired) electrons. The first-order valence-electron chi connectivity index (χ1n) is 7.30. The van der Waals surface area contributed by atoms with Crippen LogP contribution in [0.2, 0.25) is 0 Å². The standard InChI is InChI=1S/C17H20N2O4/c1-12(13-7-4-3-5-8-13)19-16(21)15(20)18-11-17(2,22)14-9-6-10-23-14/h3-10,12,22H,11H2,1-2H3,(H,18,20)(H,19,21)/t12-,17-/m1/s1. The Kier molecular flexibility index (Phi) is 5.18. The van der Waals surface area contributed by atoms with Gasteiger partial charge in [-0.2, -0.15) is 0 Å². The molecule has 6 nitrogen and oxygen atoms in total. The molecule has 1 aromatic heterocycles. The minimum absolute atomic E-state index is 0.132. The third-order valence-electron chi connectivity index (χ3n) is 3.50. The van der Waals surface area contributed by atoms with E-state index in [1.165, 1.54) is 13.2 Å². The highest BCUT2D eigenvalue weighted by Gasteiger charge is 2.28. The Labute approximate surface area is 134 Å². The maximum atomic E-state index is 11.9. The summed E-state index contributed by atoms with van der Waals surface area (Å²) >= 11 is 0. The summed E-state index contributed by atoms with van der Waals surface area (Å²) < 4.78 is 5.11. The van der Waals surface area contributed by atoms with Gasteiger partial charge in [0.25, 0.3) is 0 Å². The maximum Gasteiger partial charge on any atom is 0.309 e. The maximum absolute atomic E-state index is 11.9. The number of hydrogen-bond acceptors (Lipinski definition) is 4. The summed E-state index contributed by atoms with van der Waals surface area (Å²) in [5.41, 5.74) is -0.485. The molecule has 0 saturated carbocycles. The molecular formula is C17H20N2O4. The van der Waals surface area contributed by atoms with Gasteiger partial charge in [-0.3, -0.25) is 9.59 Å². The first kappa shape index (κ1) is 16.8. The van der Waals surface area contributed by atoms with Crippen molar-refractivity contribution in [2.75, 3.05) is 6.54 Å². The van der Waals surface area contributed by atoms with Crippen LogP contribution in [0.3, 0.4) is 0 Å². The fourth-order valence-corrected chi connectivity index (χ4v) is 2.09. The molecule has 122 valence electrons. The number of rotatable bonds is 5. The topological polar surface area (TPSA) is 91.6 Å². The third kappa shape index (κ3) is 4.43. The highest BCUT2D eigenvalue weighted by molar-refractivity contribution is 6.35. The molecule has 0 bridgehead atoms. The summed E-state index contributed by atoms with van der Waals surface area (Å²) in [5, 5.41) is 15.2. The molecule has 3 N–H and O–H groups in total. The SMILES string of the molecule is C[C@@H](NC(=O)C(=O)NC[C@@](C)(O)c1ccco1)c1ccccc1. The van der Waals surface area contributed by atoms with Crippen molar-refractivity contribution < 1.29 is 19.1 Å². The molecule has 2 amide bonds. The van der Waals surface area contributed by atoms with Gasteiger partial charge in [0, 0.05) is 0 Å². The van der Waals surface area contributed by atoms with Crippen molar-refractivity contribution in [1.82, 2.24) is 10.6 Å². The molecule has 0 unspecified atom stereocenters. The number of benzene rings is 1. The van der Waals surface area contributed by atoms with Crippen LogP contribution < -0.4 is 10.6 Å². The fraction of sp³-hybridized carbons (Fsp3) is 0.294. The Hall–Kier alpha value is -2.60. The van der Waals surface area contributed by atoms with Crippen molar-refractivity contribution >= 4 is 11.8 Å². The Bertz CT molecular complexity index is 650. The fourth-order valence-electron chi connectivity index (χ4n) is 2.09. The Morgan fingerprint density at radius 3 is 2.48 bits per heavy atom. The summed E-state index contributed by atoms with van der Waals surface area (Å²) in [6, 6.07) is 12.3. The Morgan fingerprint density at radius 2 is 1.87 bits per heavy atom. The van der Waals surface area contributed by atoms with Crippen LogP contribution in [0.15, 0.2) is 53.1 Å². The van der Waals surface area contributed by atoms with Crippen LogP contribution in [0.25, 0.3) is 0 Å². The van der Waals surface area contributed by atoms with E-state index in [0.717, 1.165) is 5.56 Å². The minimum atomic E-state index is -1.38. The molecule has 2 atom stereocenters. The molecule has 1 heterocycles. The molecule has 23 heavy (non-hydrogen) atoms. The second-order valence-electron chi connectivity index (χ2n) is 5.54. The normalized spacial score (nSPS) is 14.6. The summed E-state index contributed by atoms with van der Waals surface area (Å²) in [6.45, 7) is 3.16. The number of amides is 2.